The monoisotopic (exact) mass is 231 g/mol. The van der Waals surface area contributed by atoms with Gasteiger partial charge >= 0.3 is 0 Å². The predicted octanol–water partition coefficient (Wildman–Crippen LogP) is 1.08. The third-order valence-corrected chi connectivity index (χ3v) is 3.30. The van der Waals surface area contributed by atoms with Crippen LogP contribution < -0.4 is 5.32 Å². The molecule has 0 radical (unpaired) electrons. The van der Waals surface area contributed by atoms with Crippen molar-refractivity contribution in [3.8, 4) is 6.07 Å². The van der Waals surface area contributed by atoms with Crippen molar-refractivity contribution in [1.29, 1.82) is 5.26 Å². The van der Waals surface area contributed by atoms with Crippen LogP contribution in [-0.2, 0) is 0 Å². The second-order valence-electron chi connectivity index (χ2n) is 4.64. The number of nitriles is 1. The minimum Gasteiger partial charge on any atom is -0.363 e. The Balaban J connectivity index is 2.22. The van der Waals surface area contributed by atoms with Crippen LogP contribution in [0.1, 0.15) is 23.2 Å². The molecule has 2 heterocycles. The molecule has 1 atom stereocenters. The summed E-state index contributed by atoms with van der Waals surface area (Å²) in [4.78, 5) is 2.26. The van der Waals surface area contributed by atoms with Crippen LogP contribution >= 0.6 is 0 Å². The van der Waals surface area contributed by atoms with E-state index in [1.165, 1.54) is 0 Å². The van der Waals surface area contributed by atoms with Crippen LogP contribution in [0.4, 0.5) is 5.82 Å². The second-order valence-corrected chi connectivity index (χ2v) is 4.64. The molecule has 1 aliphatic heterocycles. The number of aromatic nitrogens is 2. The van der Waals surface area contributed by atoms with E-state index in [0.29, 0.717) is 17.4 Å². The van der Waals surface area contributed by atoms with Gasteiger partial charge in [0.25, 0.3) is 0 Å². The number of hydrogen-bond donors (Lipinski definition) is 1. The van der Waals surface area contributed by atoms with Crippen molar-refractivity contribution in [2.75, 3.05) is 25.5 Å². The van der Waals surface area contributed by atoms with Crippen molar-refractivity contribution in [1.82, 2.24) is 15.1 Å². The number of anilines is 1. The average Bonchev–Trinajstić information content (AvgIpc) is 2.70. The Morgan fingerprint density at radius 3 is 2.76 bits per heavy atom. The highest BCUT2D eigenvalue weighted by molar-refractivity contribution is 5.56. The summed E-state index contributed by atoms with van der Waals surface area (Å²) >= 11 is 0. The van der Waals surface area contributed by atoms with Gasteiger partial charge in [0.05, 0.1) is 5.69 Å². The van der Waals surface area contributed by atoms with Crippen molar-refractivity contribution in [3.63, 3.8) is 0 Å². The van der Waals surface area contributed by atoms with Gasteiger partial charge < -0.3 is 10.2 Å². The molecule has 5 nitrogen and oxygen atoms in total. The van der Waals surface area contributed by atoms with E-state index in [-0.39, 0.29) is 0 Å². The fourth-order valence-corrected chi connectivity index (χ4v) is 2.09. The molecule has 1 N–H and O–H groups in total. The third-order valence-electron chi connectivity index (χ3n) is 3.30. The number of nitrogens with zero attached hydrogens (tertiary/aromatic N) is 4. The first-order valence-electron chi connectivity index (χ1n) is 5.81. The van der Waals surface area contributed by atoms with E-state index < -0.39 is 0 Å². The molecular formula is C12H17N5. The first-order chi connectivity index (χ1) is 8.11. The number of nitrogens with one attached hydrogen (secondary N) is 1. The molecule has 1 saturated heterocycles. The van der Waals surface area contributed by atoms with Crippen LogP contribution in [0.25, 0.3) is 0 Å². The van der Waals surface area contributed by atoms with E-state index in [1.54, 1.807) is 0 Å². The van der Waals surface area contributed by atoms with Gasteiger partial charge in [0.2, 0.25) is 0 Å². The molecule has 2 rings (SSSR count). The van der Waals surface area contributed by atoms with Gasteiger partial charge in [0.15, 0.2) is 5.82 Å². The Morgan fingerprint density at radius 2 is 2.18 bits per heavy atom. The zero-order valence-corrected chi connectivity index (χ0v) is 10.5. The molecule has 0 aliphatic carbocycles. The largest absolute Gasteiger partial charge is 0.363 e. The van der Waals surface area contributed by atoms with E-state index >= 15 is 0 Å². The summed E-state index contributed by atoms with van der Waals surface area (Å²) in [6.45, 7) is 5.85. The van der Waals surface area contributed by atoms with Crippen molar-refractivity contribution >= 4 is 5.82 Å². The van der Waals surface area contributed by atoms with Gasteiger partial charge in [-0.15, -0.1) is 5.10 Å². The molecule has 1 aromatic heterocycles. The zero-order chi connectivity index (χ0) is 12.4. The highest BCUT2D eigenvalue weighted by Gasteiger charge is 2.21. The van der Waals surface area contributed by atoms with Crippen LogP contribution in [0.15, 0.2) is 0 Å². The summed E-state index contributed by atoms with van der Waals surface area (Å²) < 4.78 is 0. The first-order valence-corrected chi connectivity index (χ1v) is 5.81. The molecule has 1 aliphatic rings. The Bertz CT molecular complexity index is 463. The molecule has 0 aromatic carbocycles. The van der Waals surface area contributed by atoms with E-state index in [1.807, 2.05) is 13.8 Å². The standard InChI is InChI=1S/C12H17N5/c1-8-9(2)15-16-12(11(8)6-13)14-10-4-5-17(3)7-10/h10H,4-5,7H2,1-3H3,(H,14,16). The summed E-state index contributed by atoms with van der Waals surface area (Å²) in [5.41, 5.74) is 2.35. The molecule has 1 unspecified atom stereocenters. The summed E-state index contributed by atoms with van der Waals surface area (Å²) in [5.74, 6) is 0.621. The number of hydrogen-bond acceptors (Lipinski definition) is 5. The van der Waals surface area contributed by atoms with Gasteiger partial charge in [0.1, 0.15) is 11.6 Å². The highest BCUT2D eigenvalue weighted by Crippen LogP contribution is 2.20. The van der Waals surface area contributed by atoms with E-state index in [9.17, 15) is 5.26 Å². The molecule has 1 fully saturated rings. The molecule has 1 aromatic rings. The maximum Gasteiger partial charge on any atom is 0.167 e. The summed E-state index contributed by atoms with van der Waals surface area (Å²) in [5, 5.41) is 20.7. The second kappa shape index (κ2) is 4.68. The van der Waals surface area contributed by atoms with Crippen molar-refractivity contribution in [3.05, 3.63) is 16.8 Å². The van der Waals surface area contributed by atoms with Gasteiger partial charge in [-0.25, -0.2) is 0 Å². The summed E-state index contributed by atoms with van der Waals surface area (Å²) in [7, 11) is 2.10. The highest BCUT2D eigenvalue weighted by atomic mass is 15.2. The van der Waals surface area contributed by atoms with Crippen LogP contribution in [0, 0.1) is 25.2 Å². The van der Waals surface area contributed by atoms with Gasteiger partial charge in [-0.2, -0.15) is 10.4 Å². The van der Waals surface area contributed by atoms with Crippen LogP contribution in [0.5, 0.6) is 0 Å². The first kappa shape index (κ1) is 11.8. The van der Waals surface area contributed by atoms with E-state index in [2.05, 4.69) is 33.5 Å². The topological polar surface area (TPSA) is 64.8 Å². The SMILES string of the molecule is Cc1nnc(NC2CCN(C)C2)c(C#N)c1C. The third kappa shape index (κ3) is 2.37. The molecule has 0 spiro atoms. The van der Waals surface area contributed by atoms with Crippen molar-refractivity contribution in [2.45, 2.75) is 26.3 Å². The minimum atomic E-state index is 0.364. The molecule has 5 heteroatoms. The normalized spacial score (nSPS) is 20.2. The maximum absolute atomic E-state index is 9.18. The zero-order valence-electron chi connectivity index (χ0n) is 10.5. The Labute approximate surface area is 101 Å². The van der Waals surface area contributed by atoms with Gasteiger partial charge in [-0.05, 0) is 39.4 Å². The number of likely N-dealkylation sites (N-methyl/N-ethyl adjacent to an activating group) is 1. The minimum absolute atomic E-state index is 0.364. The molecular weight excluding hydrogens is 214 g/mol. The summed E-state index contributed by atoms with van der Waals surface area (Å²) in [6.07, 6.45) is 1.08. The molecule has 17 heavy (non-hydrogen) atoms. The lowest BCUT2D eigenvalue weighted by molar-refractivity contribution is 0.414. The van der Waals surface area contributed by atoms with E-state index in [0.717, 1.165) is 30.8 Å². The van der Waals surface area contributed by atoms with Gasteiger partial charge in [0, 0.05) is 12.6 Å². The molecule has 0 saturated carbocycles. The Hall–Kier alpha value is -1.67. The Kier molecular flexibility index (Phi) is 3.25. The van der Waals surface area contributed by atoms with Crippen molar-refractivity contribution in [2.24, 2.45) is 0 Å². The van der Waals surface area contributed by atoms with Crippen molar-refractivity contribution < 1.29 is 0 Å². The summed E-state index contributed by atoms with van der Waals surface area (Å²) in [6, 6.07) is 2.58. The lowest BCUT2D eigenvalue weighted by atomic mass is 10.1. The molecule has 0 bridgehead atoms. The Morgan fingerprint density at radius 1 is 1.41 bits per heavy atom. The van der Waals surface area contributed by atoms with E-state index in [4.69, 9.17) is 0 Å². The van der Waals surface area contributed by atoms with Gasteiger partial charge in [-0.3, -0.25) is 0 Å². The molecule has 90 valence electrons. The fourth-order valence-electron chi connectivity index (χ4n) is 2.09. The predicted molar refractivity (Wildman–Crippen MR) is 65.7 cm³/mol. The van der Waals surface area contributed by atoms with Crippen LogP contribution in [0.2, 0.25) is 0 Å². The lowest BCUT2D eigenvalue weighted by Crippen LogP contribution is -2.25. The molecule has 0 amide bonds. The number of rotatable bonds is 2. The lowest BCUT2D eigenvalue weighted by Gasteiger charge is -2.15. The van der Waals surface area contributed by atoms with Gasteiger partial charge in [-0.1, -0.05) is 0 Å². The van der Waals surface area contributed by atoms with Crippen LogP contribution in [-0.4, -0.2) is 41.3 Å². The number of likely N-dealkylation sites (tertiary alicyclic amines) is 1. The smallest absolute Gasteiger partial charge is 0.167 e. The van der Waals surface area contributed by atoms with Crippen LogP contribution in [0.3, 0.4) is 0 Å². The number of aryl methyl sites for hydroxylation is 1. The quantitative estimate of drug-likeness (QED) is 0.825. The maximum atomic E-state index is 9.18. The fraction of sp³-hybridized carbons (Fsp3) is 0.583. The average molecular weight is 231 g/mol.